The monoisotopic (exact) mass is 398 g/mol. The van der Waals surface area contributed by atoms with Crippen LogP contribution in [0.15, 0.2) is 36.4 Å². The van der Waals surface area contributed by atoms with Gasteiger partial charge in [0.2, 0.25) is 0 Å². The summed E-state index contributed by atoms with van der Waals surface area (Å²) in [4.78, 5) is 26.0. The van der Waals surface area contributed by atoms with E-state index < -0.39 is 23.5 Å². The number of ether oxygens (including phenoxy) is 1. The molecule has 2 aromatic carbocycles. The van der Waals surface area contributed by atoms with Gasteiger partial charge in [-0.05, 0) is 37.6 Å². The number of anilines is 2. The molecule has 0 bridgehead atoms. The Kier molecular flexibility index (Phi) is 4.56. The van der Waals surface area contributed by atoms with E-state index in [1.165, 1.54) is 6.07 Å². The SMILES string of the molecule is CN1Cc2ccc(NC(=O)N[C@@H]3CC(C)(C)Oc4c(F)cccc43)cc2NC1=O. The zero-order valence-corrected chi connectivity index (χ0v) is 16.5. The number of amides is 4. The molecular formula is C21H23FN4O3. The van der Waals surface area contributed by atoms with Gasteiger partial charge in [0, 0.05) is 37.0 Å². The second-order valence-electron chi connectivity index (χ2n) is 8.03. The van der Waals surface area contributed by atoms with Crippen LogP contribution in [0.1, 0.15) is 37.4 Å². The van der Waals surface area contributed by atoms with E-state index in [0.29, 0.717) is 29.9 Å². The Labute approximate surface area is 168 Å². The predicted octanol–water partition coefficient (Wildman–Crippen LogP) is 4.23. The van der Waals surface area contributed by atoms with Crippen molar-refractivity contribution in [2.45, 2.75) is 38.5 Å². The fourth-order valence-electron chi connectivity index (χ4n) is 3.73. The molecule has 3 N–H and O–H groups in total. The van der Waals surface area contributed by atoms with Gasteiger partial charge in [0.05, 0.1) is 6.04 Å². The van der Waals surface area contributed by atoms with E-state index >= 15 is 0 Å². The molecule has 8 heteroatoms. The first kappa shape index (κ1) is 19.0. The van der Waals surface area contributed by atoms with Gasteiger partial charge >= 0.3 is 12.1 Å². The molecule has 29 heavy (non-hydrogen) atoms. The number of urea groups is 2. The molecule has 2 aliphatic rings. The molecule has 4 rings (SSSR count). The Bertz CT molecular complexity index is 992. The smallest absolute Gasteiger partial charge is 0.321 e. The molecule has 7 nitrogen and oxygen atoms in total. The molecule has 4 amide bonds. The number of rotatable bonds is 2. The van der Waals surface area contributed by atoms with Crippen LogP contribution >= 0.6 is 0 Å². The lowest BCUT2D eigenvalue weighted by Crippen LogP contribution is -2.42. The highest BCUT2D eigenvalue weighted by atomic mass is 19.1. The molecule has 1 atom stereocenters. The van der Waals surface area contributed by atoms with Crippen LogP contribution < -0.4 is 20.7 Å². The van der Waals surface area contributed by atoms with Crippen LogP contribution in [0, 0.1) is 5.82 Å². The Balaban J connectivity index is 1.50. The summed E-state index contributed by atoms with van der Waals surface area (Å²) >= 11 is 0. The fourth-order valence-corrected chi connectivity index (χ4v) is 3.73. The number of hydrogen-bond acceptors (Lipinski definition) is 3. The summed E-state index contributed by atoms with van der Waals surface area (Å²) < 4.78 is 20.0. The second-order valence-corrected chi connectivity index (χ2v) is 8.03. The number of halogens is 1. The lowest BCUT2D eigenvalue weighted by molar-refractivity contribution is 0.0630. The van der Waals surface area contributed by atoms with Crippen molar-refractivity contribution in [1.82, 2.24) is 10.2 Å². The first-order chi connectivity index (χ1) is 13.7. The van der Waals surface area contributed by atoms with E-state index in [1.807, 2.05) is 19.9 Å². The minimum absolute atomic E-state index is 0.176. The third-order valence-corrected chi connectivity index (χ3v) is 5.12. The van der Waals surface area contributed by atoms with Crippen molar-refractivity contribution < 1.29 is 18.7 Å². The molecule has 2 heterocycles. The maximum atomic E-state index is 14.2. The average molecular weight is 398 g/mol. The first-order valence-corrected chi connectivity index (χ1v) is 9.42. The van der Waals surface area contributed by atoms with Crippen LogP contribution in [0.2, 0.25) is 0 Å². The number of carbonyl (C=O) groups excluding carboxylic acids is 2. The lowest BCUT2D eigenvalue weighted by atomic mass is 9.89. The summed E-state index contributed by atoms with van der Waals surface area (Å²) in [5.74, 6) is -0.271. The highest BCUT2D eigenvalue weighted by Gasteiger charge is 2.36. The molecule has 2 aliphatic heterocycles. The molecule has 2 aromatic rings. The summed E-state index contributed by atoms with van der Waals surface area (Å²) in [6.07, 6.45) is 0.503. The van der Waals surface area contributed by atoms with Crippen LogP contribution in [0.3, 0.4) is 0 Å². The summed E-state index contributed by atoms with van der Waals surface area (Å²) in [5.41, 5.74) is 2.19. The molecule has 0 radical (unpaired) electrons. The second kappa shape index (κ2) is 6.95. The van der Waals surface area contributed by atoms with E-state index in [4.69, 9.17) is 4.74 Å². The van der Waals surface area contributed by atoms with E-state index in [9.17, 15) is 14.0 Å². The third kappa shape index (κ3) is 3.83. The standard InChI is InChI=1S/C21H23FN4O3/c1-21(2)10-17(14-5-4-6-15(22)18(14)29-21)24-19(27)23-13-8-7-12-11-26(3)20(28)25-16(12)9-13/h4-9,17H,10-11H2,1-3H3,(H,25,28)(H2,23,24,27)/t17-/m1/s1. The van der Waals surface area contributed by atoms with E-state index in [1.54, 1.807) is 36.2 Å². The summed E-state index contributed by atoms with van der Waals surface area (Å²) in [6, 6.07) is 9.07. The highest BCUT2D eigenvalue weighted by molar-refractivity contribution is 5.95. The van der Waals surface area contributed by atoms with Crippen molar-refractivity contribution in [2.24, 2.45) is 0 Å². The van der Waals surface area contributed by atoms with Crippen molar-refractivity contribution in [3.05, 3.63) is 53.3 Å². The van der Waals surface area contributed by atoms with Crippen LogP contribution in [-0.4, -0.2) is 29.6 Å². The molecule has 152 valence electrons. The maximum Gasteiger partial charge on any atom is 0.321 e. The van der Waals surface area contributed by atoms with Gasteiger partial charge in [-0.25, -0.2) is 14.0 Å². The van der Waals surface area contributed by atoms with Gasteiger partial charge in [0.15, 0.2) is 11.6 Å². The Morgan fingerprint density at radius 2 is 2.10 bits per heavy atom. The first-order valence-electron chi connectivity index (χ1n) is 9.42. The highest BCUT2D eigenvalue weighted by Crippen LogP contribution is 2.40. The predicted molar refractivity (Wildman–Crippen MR) is 108 cm³/mol. The topological polar surface area (TPSA) is 82.7 Å². The van der Waals surface area contributed by atoms with Crippen LogP contribution in [0.5, 0.6) is 5.75 Å². The zero-order chi connectivity index (χ0) is 20.8. The van der Waals surface area contributed by atoms with Crippen LogP contribution in [0.25, 0.3) is 0 Å². The van der Waals surface area contributed by atoms with E-state index in [0.717, 1.165) is 5.56 Å². The van der Waals surface area contributed by atoms with E-state index in [-0.39, 0.29) is 11.8 Å². The summed E-state index contributed by atoms with van der Waals surface area (Å²) in [5, 5.41) is 8.49. The molecule has 0 saturated carbocycles. The number of hydrogen-bond donors (Lipinski definition) is 3. The number of fused-ring (bicyclic) bond motifs is 2. The van der Waals surface area contributed by atoms with Crippen LogP contribution in [-0.2, 0) is 6.54 Å². The van der Waals surface area contributed by atoms with Gasteiger partial charge in [-0.3, -0.25) is 0 Å². The number of benzene rings is 2. The van der Waals surface area contributed by atoms with Crippen molar-refractivity contribution >= 4 is 23.4 Å². The van der Waals surface area contributed by atoms with E-state index in [2.05, 4.69) is 16.0 Å². The molecule has 0 unspecified atom stereocenters. The van der Waals surface area contributed by atoms with Crippen LogP contribution in [0.4, 0.5) is 25.4 Å². The molecule has 0 aliphatic carbocycles. The summed E-state index contributed by atoms with van der Waals surface area (Å²) in [7, 11) is 1.72. The Morgan fingerprint density at radius 1 is 1.31 bits per heavy atom. The zero-order valence-electron chi connectivity index (χ0n) is 16.5. The maximum absolute atomic E-state index is 14.2. The minimum Gasteiger partial charge on any atom is -0.484 e. The third-order valence-electron chi connectivity index (χ3n) is 5.12. The van der Waals surface area contributed by atoms with Gasteiger partial charge < -0.3 is 25.6 Å². The largest absolute Gasteiger partial charge is 0.484 e. The Hall–Kier alpha value is -3.29. The van der Waals surface area contributed by atoms with Crippen molar-refractivity contribution in [3.63, 3.8) is 0 Å². The van der Waals surface area contributed by atoms with Gasteiger partial charge in [-0.15, -0.1) is 0 Å². The molecule has 0 aromatic heterocycles. The minimum atomic E-state index is -0.616. The van der Waals surface area contributed by atoms with Crippen molar-refractivity contribution in [1.29, 1.82) is 0 Å². The number of para-hydroxylation sites is 1. The lowest BCUT2D eigenvalue weighted by Gasteiger charge is -2.37. The van der Waals surface area contributed by atoms with Gasteiger partial charge in [-0.1, -0.05) is 18.2 Å². The van der Waals surface area contributed by atoms with Gasteiger partial charge in [-0.2, -0.15) is 0 Å². The van der Waals surface area contributed by atoms with Crippen molar-refractivity contribution in [2.75, 3.05) is 17.7 Å². The molecule has 0 spiro atoms. The van der Waals surface area contributed by atoms with Gasteiger partial charge in [0.1, 0.15) is 5.60 Å². The molecule has 0 saturated heterocycles. The number of nitrogens with one attached hydrogen (secondary N) is 3. The van der Waals surface area contributed by atoms with Crippen molar-refractivity contribution in [3.8, 4) is 5.75 Å². The summed E-state index contributed by atoms with van der Waals surface area (Å²) in [6.45, 7) is 4.23. The Morgan fingerprint density at radius 3 is 2.90 bits per heavy atom. The fraction of sp³-hybridized carbons (Fsp3) is 0.333. The molecule has 0 fully saturated rings. The molecular weight excluding hydrogens is 375 g/mol. The normalized spacial score (nSPS) is 19.4. The number of nitrogens with zero attached hydrogens (tertiary/aromatic N) is 1. The van der Waals surface area contributed by atoms with Gasteiger partial charge in [0.25, 0.3) is 0 Å². The number of carbonyl (C=O) groups is 2. The quantitative estimate of drug-likeness (QED) is 0.708. The average Bonchev–Trinajstić information content (AvgIpc) is 2.63.